The predicted molar refractivity (Wildman–Crippen MR) is 170 cm³/mol. The number of carbonyl (C=O) groups is 1. The maximum Gasteiger partial charge on any atom is 0.416 e. The van der Waals surface area contributed by atoms with Gasteiger partial charge in [0.15, 0.2) is 5.82 Å². The second kappa shape index (κ2) is 13.4. The molecule has 2 aromatic carbocycles. The minimum atomic E-state index is -4.78. The number of unbranched alkanes of at least 4 members (excludes halogenated alkanes) is 1. The van der Waals surface area contributed by atoms with Crippen LogP contribution in [-0.2, 0) is 32.5 Å². The summed E-state index contributed by atoms with van der Waals surface area (Å²) >= 11 is 0. The molecule has 10 nitrogen and oxygen atoms in total. The van der Waals surface area contributed by atoms with Crippen molar-refractivity contribution in [3.63, 3.8) is 0 Å². The zero-order valence-electron chi connectivity index (χ0n) is 27.0. The van der Waals surface area contributed by atoms with Crippen LogP contribution in [0.3, 0.4) is 0 Å². The monoisotopic (exact) mass is 698 g/mol. The number of aliphatic hydroxyl groups excluding tert-OH is 1. The van der Waals surface area contributed by atoms with Crippen molar-refractivity contribution in [2.75, 3.05) is 23.8 Å². The van der Waals surface area contributed by atoms with Crippen LogP contribution in [0.2, 0.25) is 0 Å². The third-order valence-corrected chi connectivity index (χ3v) is 9.02. The molecule has 0 saturated heterocycles. The molecule has 0 bridgehead atoms. The van der Waals surface area contributed by atoms with Gasteiger partial charge in [-0.3, -0.25) is 14.6 Å². The normalized spacial score (nSPS) is 17.5. The van der Waals surface area contributed by atoms with Gasteiger partial charge < -0.3 is 15.0 Å². The Morgan fingerprint density at radius 3 is 2.44 bits per heavy atom. The van der Waals surface area contributed by atoms with Gasteiger partial charge >= 0.3 is 12.4 Å². The van der Waals surface area contributed by atoms with E-state index in [4.69, 9.17) is 5.26 Å². The zero-order chi connectivity index (χ0) is 36.0. The molecule has 1 amide bonds. The van der Waals surface area contributed by atoms with Crippen LogP contribution < -0.4 is 10.2 Å². The smallest absolute Gasteiger partial charge is 0.393 e. The summed E-state index contributed by atoms with van der Waals surface area (Å²) in [6.45, 7) is -0.105. The maximum atomic E-state index is 14.5. The van der Waals surface area contributed by atoms with Crippen LogP contribution in [0.5, 0.6) is 0 Å². The number of carbonyl (C=O) groups excluding carboxylic acids is 1. The molecule has 1 aliphatic carbocycles. The molecule has 50 heavy (non-hydrogen) atoms. The van der Waals surface area contributed by atoms with E-state index < -0.39 is 42.0 Å². The zero-order valence-corrected chi connectivity index (χ0v) is 27.0. The third-order valence-electron chi connectivity index (χ3n) is 9.02. The molecule has 3 heterocycles. The number of hydrogen-bond donors (Lipinski definition) is 2. The number of rotatable bonds is 10. The average Bonchev–Trinajstić information content (AvgIpc) is 3.62. The van der Waals surface area contributed by atoms with Crippen molar-refractivity contribution < 1.29 is 36.2 Å². The van der Waals surface area contributed by atoms with Gasteiger partial charge in [0, 0.05) is 43.7 Å². The number of benzene rings is 2. The van der Waals surface area contributed by atoms with Gasteiger partial charge in [0.05, 0.1) is 29.8 Å². The molecule has 0 radical (unpaired) electrons. The second-order valence-corrected chi connectivity index (χ2v) is 12.6. The lowest BCUT2D eigenvalue weighted by atomic mass is 9.88. The number of aryl methyl sites for hydroxylation is 1. The van der Waals surface area contributed by atoms with Crippen molar-refractivity contribution in [3.05, 3.63) is 76.6 Å². The van der Waals surface area contributed by atoms with Crippen molar-refractivity contribution in [2.45, 2.75) is 63.3 Å². The number of amides is 1. The van der Waals surface area contributed by atoms with Gasteiger partial charge in [-0.2, -0.15) is 31.6 Å². The first-order valence-corrected chi connectivity index (χ1v) is 15.8. The fraction of sp³-hybridized carbons (Fsp3) is 0.382. The van der Waals surface area contributed by atoms with Crippen LogP contribution >= 0.6 is 0 Å². The number of nitrogens with one attached hydrogen (secondary N) is 1. The van der Waals surface area contributed by atoms with Crippen LogP contribution in [0.25, 0.3) is 22.5 Å². The van der Waals surface area contributed by atoms with Crippen LogP contribution in [0.4, 0.5) is 38.0 Å². The molecule has 2 N–H and O–H groups in total. The molecule has 0 spiro atoms. The number of alkyl halides is 6. The van der Waals surface area contributed by atoms with E-state index in [1.165, 1.54) is 35.2 Å². The van der Waals surface area contributed by atoms with E-state index >= 15 is 0 Å². The largest absolute Gasteiger partial charge is 0.416 e. The molecular weight excluding hydrogens is 666 g/mol. The van der Waals surface area contributed by atoms with Crippen LogP contribution in [0.15, 0.2) is 48.8 Å². The highest BCUT2D eigenvalue weighted by Crippen LogP contribution is 2.42. The Hall–Kier alpha value is -5.01. The van der Waals surface area contributed by atoms with Crippen LogP contribution in [-0.4, -0.2) is 61.4 Å². The van der Waals surface area contributed by atoms with Crippen molar-refractivity contribution in [2.24, 2.45) is 7.05 Å². The summed E-state index contributed by atoms with van der Waals surface area (Å²) in [4.78, 5) is 21.4. The van der Waals surface area contributed by atoms with Gasteiger partial charge in [-0.25, -0.2) is 4.98 Å². The minimum absolute atomic E-state index is 0.00639. The van der Waals surface area contributed by atoms with Crippen molar-refractivity contribution in [3.8, 4) is 28.6 Å². The first kappa shape index (κ1) is 34.8. The molecule has 1 saturated carbocycles. The SMILES string of the molecule is Cn1cnnc1-c1ccc(C(F)(F)F)cc1-c1cc(NCCCC#N)nc(N2Cc3c(cc(CN(C)[C@H]4C[C@@H](O)C4)cc3C(F)(F)F)C2=O)c1. The summed E-state index contributed by atoms with van der Waals surface area (Å²) in [7, 11) is 3.37. The molecule has 262 valence electrons. The van der Waals surface area contributed by atoms with Gasteiger partial charge in [-0.15, -0.1) is 10.2 Å². The standard InChI is InChI=1S/C34H32F6N8O2/c1-46(22-14-23(49)15-22)16-19-9-26-27(28(10-19)34(38,39)40)17-48(32(26)50)30-12-20(11-29(44-30)42-8-4-3-7-41)25-13-21(33(35,36)37)5-6-24(25)31-45-43-18-47(31)2/h5-6,9-13,18,22-23,49H,3-4,8,14-17H2,1-2H3,(H,42,44)/t22-,23+. The first-order valence-electron chi connectivity index (χ1n) is 15.8. The molecule has 6 rings (SSSR count). The highest BCUT2D eigenvalue weighted by molar-refractivity contribution is 6.10. The average molecular weight is 699 g/mol. The van der Waals surface area contributed by atoms with Crippen LogP contribution in [0, 0.1) is 11.3 Å². The quantitative estimate of drug-likeness (QED) is 0.144. The van der Waals surface area contributed by atoms with E-state index in [1.807, 2.05) is 11.0 Å². The lowest BCUT2D eigenvalue weighted by Gasteiger charge is -2.38. The summed E-state index contributed by atoms with van der Waals surface area (Å²) in [5, 5.41) is 29.6. The van der Waals surface area contributed by atoms with Gasteiger partial charge in [0.25, 0.3) is 5.91 Å². The molecule has 4 aromatic rings. The lowest BCUT2D eigenvalue weighted by molar-refractivity contribution is -0.138. The Kier molecular flexibility index (Phi) is 9.31. The number of nitrogens with zero attached hydrogens (tertiary/aromatic N) is 7. The Balaban J connectivity index is 1.44. The van der Waals surface area contributed by atoms with E-state index in [1.54, 1.807) is 14.1 Å². The Labute approximate surface area is 283 Å². The van der Waals surface area contributed by atoms with E-state index in [0.29, 0.717) is 19.3 Å². The van der Waals surface area contributed by atoms with E-state index in [-0.39, 0.29) is 76.4 Å². The van der Waals surface area contributed by atoms with E-state index in [0.717, 1.165) is 23.1 Å². The molecule has 16 heteroatoms. The summed E-state index contributed by atoms with van der Waals surface area (Å²) in [6, 6.07) is 10.4. The van der Waals surface area contributed by atoms with Crippen molar-refractivity contribution in [1.82, 2.24) is 24.6 Å². The number of aromatic nitrogens is 4. The summed E-state index contributed by atoms with van der Waals surface area (Å²) in [5.74, 6) is -0.430. The number of hydrogen-bond acceptors (Lipinski definition) is 8. The number of halogens is 6. The number of anilines is 2. The predicted octanol–water partition coefficient (Wildman–Crippen LogP) is 6.41. The number of fused-ring (bicyclic) bond motifs is 1. The number of aliphatic hydroxyl groups is 1. The Morgan fingerprint density at radius 2 is 1.80 bits per heavy atom. The van der Waals surface area contributed by atoms with Gasteiger partial charge in [-0.1, -0.05) is 0 Å². The second-order valence-electron chi connectivity index (χ2n) is 12.6. The van der Waals surface area contributed by atoms with Gasteiger partial charge in [0.2, 0.25) is 0 Å². The van der Waals surface area contributed by atoms with Gasteiger partial charge in [-0.05, 0) is 91.0 Å². The number of pyridine rings is 1. The molecule has 1 fully saturated rings. The minimum Gasteiger partial charge on any atom is -0.393 e. The van der Waals surface area contributed by atoms with E-state index in [9.17, 15) is 36.2 Å². The number of nitriles is 1. The molecule has 1 aliphatic heterocycles. The summed E-state index contributed by atoms with van der Waals surface area (Å²) in [6.07, 6.45) is -6.94. The molecular formula is C34H32F6N8O2. The molecule has 2 aromatic heterocycles. The third kappa shape index (κ3) is 7.01. The van der Waals surface area contributed by atoms with E-state index in [2.05, 4.69) is 20.5 Å². The lowest BCUT2D eigenvalue weighted by Crippen LogP contribution is -2.44. The maximum absolute atomic E-state index is 14.5. The fourth-order valence-corrected chi connectivity index (χ4v) is 6.30. The fourth-order valence-electron chi connectivity index (χ4n) is 6.30. The molecule has 0 atom stereocenters. The van der Waals surface area contributed by atoms with Crippen molar-refractivity contribution >= 4 is 17.5 Å². The molecule has 0 unspecified atom stereocenters. The topological polar surface area (TPSA) is 123 Å². The molecule has 2 aliphatic rings. The van der Waals surface area contributed by atoms with Crippen LogP contribution in [0.1, 0.15) is 58.3 Å². The van der Waals surface area contributed by atoms with Gasteiger partial charge in [0.1, 0.15) is 18.0 Å². The summed E-state index contributed by atoms with van der Waals surface area (Å²) < 4.78 is 86.9. The summed E-state index contributed by atoms with van der Waals surface area (Å²) in [5.41, 5.74) is -1.47. The highest BCUT2D eigenvalue weighted by Gasteiger charge is 2.41. The Bertz CT molecular complexity index is 1960. The first-order chi connectivity index (χ1) is 23.6. The van der Waals surface area contributed by atoms with Crippen molar-refractivity contribution in [1.29, 1.82) is 5.26 Å². The Morgan fingerprint density at radius 1 is 1.04 bits per heavy atom. The highest BCUT2D eigenvalue weighted by atomic mass is 19.4.